The van der Waals surface area contributed by atoms with E-state index in [0.717, 1.165) is 73.6 Å². The first kappa shape index (κ1) is 21.5. The number of ketones is 1. The van der Waals surface area contributed by atoms with E-state index in [2.05, 4.69) is 4.90 Å². The number of piperidine rings is 2. The van der Waals surface area contributed by atoms with Crippen molar-refractivity contribution in [2.45, 2.75) is 46.0 Å². The zero-order valence-electron chi connectivity index (χ0n) is 18.8. The predicted molar refractivity (Wildman–Crippen MR) is 120 cm³/mol. The lowest BCUT2D eigenvalue weighted by atomic mass is 9.90. The SMILES string of the molecule is CCC(=O)[C@H]1CCCN(C(=O)C2CCN(c3nc(C)c4ccc(OC)cc4n3)CC2)C1. The van der Waals surface area contributed by atoms with Crippen LogP contribution in [0.1, 0.15) is 44.7 Å². The van der Waals surface area contributed by atoms with Crippen molar-refractivity contribution >= 4 is 28.5 Å². The van der Waals surface area contributed by atoms with E-state index in [9.17, 15) is 9.59 Å². The summed E-state index contributed by atoms with van der Waals surface area (Å²) in [6.07, 6.45) is 3.98. The summed E-state index contributed by atoms with van der Waals surface area (Å²) in [5, 5.41) is 1.02. The van der Waals surface area contributed by atoms with Crippen molar-refractivity contribution in [3.05, 3.63) is 23.9 Å². The summed E-state index contributed by atoms with van der Waals surface area (Å²) in [6.45, 7) is 6.81. The number of amides is 1. The van der Waals surface area contributed by atoms with Gasteiger partial charge in [0.05, 0.1) is 18.3 Å². The van der Waals surface area contributed by atoms with Crippen molar-refractivity contribution in [3.8, 4) is 5.75 Å². The quantitative estimate of drug-likeness (QED) is 0.732. The minimum atomic E-state index is 0.0216. The number of benzene rings is 1. The van der Waals surface area contributed by atoms with E-state index in [0.29, 0.717) is 13.0 Å². The standard InChI is InChI=1S/C24H32N4O3/c1-4-22(29)18-6-5-11-28(15-18)23(30)17-9-12-27(13-10-17)24-25-16(2)20-8-7-19(31-3)14-21(20)26-24/h7-8,14,17-18H,4-6,9-13,15H2,1-3H3/t18-/m0/s1. The highest BCUT2D eigenvalue weighted by atomic mass is 16.5. The van der Waals surface area contributed by atoms with Crippen molar-refractivity contribution in [2.75, 3.05) is 38.2 Å². The molecule has 3 heterocycles. The van der Waals surface area contributed by atoms with Crippen molar-refractivity contribution in [1.29, 1.82) is 0 Å². The molecular weight excluding hydrogens is 392 g/mol. The fourth-order valence-electron chi connectivity index (χ4n) is 4.83. The highest BCUT2D eigenvalue weighted by molar-refractivity contribution is 5.84. The Kier molecular flexibility index (Phi) is 6.39. The second-order valence-electron chi connectivity index (χ2n) is 8.70. The lowest BCUT2D eigenvalue weighted by Gasteiger charge is -2.37. The molecule has 1 aromatic carbocycles. The van der Waals surface area contributed by atoms with E-state index in [-0.39, 0.29) is 23.5 Å². The number of ether oxygens (including phenoxy) is 1. The lowest BCUT2D eigenvalue weighted by molar-refractivity contribution is -0.139. The number of rotatable bonds is 5. The molecule has 0 saturated carbocycles. The van der Waals surface area contributed by atoms with Gasteiger partial charge in [-0.1, -0.05) is 6.92 Å². The largest absolute Gasteiger partial charge is 0.497 e. The zero-order valence-corrected chi connectivity index (χ0v) is 18.8. The van der Waals surface area contributed by atoms with E-state index in [1.807, 2.05) is 36.9 Å². The lowest BCUT2D eigenvalue weighted by Crippen LogP contribution is -2.47. The second kappa shape index (κ2) is 9.20. The Morgan fingerprint density at radius 1 is 1.10 bits per heavy atom. The Morgan fingerprint density at radius 2 is 1.87 bits per heavy atom. The van der Waals surface area contributed by atoms with Crippen molar-refractivity contribution in [2.24, 2.45) is 11.8 Å². The van der Waals surface area contributed by atoms with Gasteiger partial charge < -0.3 is 14.5 Å². The molecule has 0 unspecified atom stereocenters. The smallest absolute Gasteiger partial charge is 0.226 e. The monoisotopic (exact) mass is 424 g/mol. The number of carbonyl (C=O) groups is 2. The summed E-state index contributed by atoms with van der Waals surface area (Å²) in [5.41, 5.74) is 1.82. The number of likely N-dealkylation sites (tertiary alicyclic amines) is 1. The number of Topliss-reactive ketones (excluding diaryl/α,β-unsaturated/α-hetero) is 1. The minimum Gasteiger partial charge on any atom is -0.497 e. The summed E-state index contributed by atoms with van der Waals surface area (Å²) in [4.78, 5) is 38.8. The zero-order chi connectivity index (χ0) is 22.0. The van der Waals surface area contributed by atoms with E-state index >= 15 is 0 Å². The van der Waals surface area contributed by atoms with Crippen LogP contribution in [0.5, 0.6) is 5.75 Å². The number of nitrogens with zero attached hydrogens (tertiary/aromatic N) is 4. The summed E-state index contributed by atoms with van der Waals surface area (Å²) in [6, 6.07) is 5.86. The van der Waals surface area contributed by atoms with Crippen LogP contribution in [-0.4, -0.2) is 59.8 Å². The number of carbonyl (C=O) groups excluding carboxylic acids is 2. The van der Waals surface area contributed by atoms with Gasteiger partial charge >= 0.3 is 0 Å². The molecule has 31 heavy (non-hydrogen) atoms. The molecule has 1 atom stereocenters. The van der Waals surface area contributed by atoms with Gasteiger partial charge in [-0.25, -0.2) is 9.97 Å². The Bertz CT molecular complexity index is 969. The van der Waals surface area contributed by atoms with Gasteiger partial charge in [-0.3, -0.25) is 9.59 Å². The molecule has 4 rings (SSSR count). The molecule has 0 spiro atoms. The predicted octanol–water partition coefficient (Wildman–Crippen LogP) is 3.38. The molecule has 0 radical (unpaired) electrons. The summed E-state index contributed by atoms with van der Waals surface area (Å²) < 4.78 is 5.34. The number of hydrogen-bond acceptors (Lipinski definition) is 6. The van der Waals surface area contributed by atoms with Crippen LogP contribution >= 0.6 is 0 Å². The minimum absolute atomic E-state index is 0.0216. The molecule has 7 nitrogen and oxygen atoms in total. The van der Waals surface area contributed by atoms with Gasteiger partial charge in [0.2, 0.25) is 11.9 Å². The normalized spacial score (nSPS) is 20.2. The first-order valence-corrected chi connectivity index (χ1v) is 11.4. The third kappa shape index (κ3) is 4.50. The van der Waals surface area contributed by atoms with Crippen LogP contribution in [0.4, 0.5) is 5.95 Å². The average molecular weight is 425 g/mol. The maximum Gasteiger partial charge on any atom is 0.226 e. The van der Waals surface area contributed by atoms with Crippen LogP contribution in [0.3, 0.4) is 0 Å². The molecule has 1 amide bonds. The van der Waals surface area contributed by atoms with E-state index in [4.69, 9.17) is 14.7 Å². The van der Waals surface area contributed by atoms with Crippen LogP contribution in [0.25, 0.3) is 10.9 Å². The van der Waals surface area contributed by atoms with E-state index in [1.54, 1.807) is 7.11 Å². The molecule has 166 valence electrons. The fourth-order valence-corrected chi connectivity index (χ4v) is 4.83. The Balaban J connectivity index is 1.41. The van der Waals surface area contributed by atoms with Gasteiger partial charge in [-0.2, -0.15) is 0 Å². The number of fused-ring (bicyclic) bond motifs is 1. The van der Waals surface area contributed by atoms with Gasteiger partial charge in [0, 0.05) is 55.9 Å². The summed E-state index contributed by atoms with van der Waals surface area (Å²) in [7, 11) is 1.65. The fraction of sp³-hybridized carbons (Fsp3) is 0.583. The number of aromatic nitrogens is 2. The van der Waals surface area contributed by atoms with Crippen LogP contribution in [0, 0.1) is 18.8 Å². The highest BCUT2D eigenvalue weighted by Crippen LogP contribution is 2.28. The van der Waals surface area contributed by atoms with Crippen LogP contribution in [0.15, 0.2) is 18.2 Å². The summed E-state index contributed by atoms with van der Waals surface area (Å²) >= 11 is 0. The number of anilines is 1. The molecule has 7 heteroatoms. The van der Waals surface area contributed by atoms with Crippen molar-refractivity contribution in [1.82, 2.24) is 14.9 Å². The molecule has 0 bridgehead atoms. The van der Waals surface area contributed by atoms with Crippen LogP contribution in [-0.2, 0) is 9.59 Å². The van der Waals surface area contributed by atoms with E-state index in [1.165, 1.54) is 0 Å². The van der Waals surface area contributed by atoms with Gasteiger partial charge in [0.1, 0.15) is 11.5 Å². The Morgan fingerprint density at radius 3 is 2.58 bits per heavy atom. The highest BCUT2D eigenvalue weighted by Gasteiger charge is 2.33. The summed E-state index contributed by atoms with van der Waals surface area (Å²) in [5.74, 6) is 2.04. The van der Waals surface area contributed by atoms with Gasteiger partial charge in [-0.05, 0) is 44.7 Å². The number of methoxy groups -OCH3 is 1. The molecule has 2 fully saturated rings. The van der Waals surface area contributed by atoms with Crippen LogP contribution < -0.4 is 9.64 Å². The molecule has 2 saturated heterocycles. The Hall–Kier alpha value is -2.70. The van der Waals surface area contributed by atoms with Gasteiger partial charge in [-0.15, -0.1) is 0 Å². The average Bonchev–Trinajstić information content (AvgIpc) is 2.82. The van der Waals surface area contributed by atoms with Gasteiger partial charge in [0.25, 0.3) is 0 Å². The van der Waals surface area contributed by atoms with Crippen LogP contribution in [0.2, 0.25) is 0 Å². The Labute approximate surface area is 183 Å². The molecule has 0 aliphatic carbocycles. The van der Waals surface area contributed by atoms with Crippen molar-refractivity contribution in [3.63, 3.8) is 0 Å². The first-order chi connectivity index (χ1) is 15.0. The molecular formula is C24H32N4O3. The van der Waals surface area contributed by atoms with Gasteiger partial charge in [0.15, 0.2) is 0 Å². The molecule has 1 aromatic heterocycles. The third-order valence-electron chi connectivity index (χ3n) is 6.75. The molecule has 0 N–H and O–H groups in total. The van der Waals surface area contributed by atoms with E-state index < -0.39 is 0 Å². The second-order valence-corrected chi connectivity index (χ2v) is 8.70. The van der Waals surface area contributed by atoms with Crippen molar-refractivity contribution < 1.29 is 14.3 Å². The number of hydrogen-bond donors (Lipinski definition) is 0. The maximum atomic E-state index is 13.1. The third-order valence-corrected chi connectivity index (χ3v) is 6.75. The molecule has 2 aliphatic heterocycles. The maximum absolute atomic E-state index is 13.1. The number of aryl methyl sites for hydroxylation is 1. The molecule has 2 aliphatic rings. The first-order valence-electron chi connectivity index (χ1n) is 11.4. The topological polar surface area (TPSA) is 75.6 Å². The molecule has 2 aromatic rings.